The van der Waals surface area contributed by atoms with Crippen LogP contribution < -0.4 is 5.73 Å². The molecule has 7 nitrogen and oxygen atoms in total. The van der Waals surface area contributed by atoms with E-state index in [1.807, 2.05) is 24.5 Å². The summed E-state index contributed by atoms with van der Waals surface area (Å²) in [5, 5.41) is 0. The first-order chi connectivity index (χ1) is 11.6. The summed E-state index contributed by atoms with van der Waals surface area (Å²) in [6, 6.07) is 8.12. The number of likely N-dealkylation sites (tertiary alicyclic amines) is 1. The molecule has 1 saturated heterocycles. The molecule has 0 aliphatic carbocycles. The number of benzene rings is 1. The second-order valence-electron chi connectivity index (χ2n) is 6.17. The quantitative estimate of drug-likeness (QED) is 0.904. The number of hydrogen-bond donors (Lipinski definition) is 1. The molecular weight excluding hydrogens is 308 g/mol. The van der Waals surface area contributed by atoms with Gasteiger partial charge >= 0.3 is 6.09 Å². The lowest BCUT2D eigenvalue weighted by Gasteiger charge is -2.31. The maximum atomic E-state index is 11.8. The van der Waals surface area contributed by atoms with Crippen molar-refractivity contribution in [3.8, 4) is 0 Å². The van der Waals surface area contributed by atoms with Crippen molar-refractivity contribution in [2.75, 3.05) is 19.7 Å². The van der Waals surface area contributed by atoms with Crippen LogP contribution >= 0.6 is 0 Å². The van der Waals surface area contributed by atoms with Crippen molar-refractivity contribution in [2.24, 2.45) is 11.7 Å². The van der Waals surface area contributed by atoms with Gasteiger partial charge < -0.3 is 19.9 Å². The Balaban J connectivity index is 1.46. The second-order valence-corrected chi connectivity index (χ2v) is 6.17. The maximum absolute atomic E-state index is 11.8. The molecule has 1 fully saturated rings. The van der Waals surface area contributed by atoms with E-state index in [-0.39, 0.29) is 6.61 Å². The first kappa shape index (κ1) is 16.3. The molecular formula is C17H22N4O3. The topological polar surface area (TPSA) is 90.5 Å². The third-order valence-electron chi connectivity index (χ3n) is 4.52. The summed E-state index contributed by atoms with van der Waals surface area (Å²) in [4.78, 5) is 28.5. The Hall–Kier alpha value is -2.57. The normalized spacial score (nSPS) is 15.6. The van der Waals surface area contributed by atoms with Crippen LogP contribution in [-0.2, 0) is 16.1 Å². The van der Waals surface area contributed by atoms with Gasteiger partial charge in [0.25, 0.3) is 5.91 Å². The number of hydrogen-bond acceptors (Lipinski definition) is 4. The van der Waals surface area contributed by atoms with Crippen molar-refractivity contribution in [1.82, 2.24) is 14.5 Å². The van der Waals surface area contributed by atoms with Crippen molar-refractivity contribution in [3.63, 3.8) is 0 Å². The molecule has 2 heterocycles. The zero-order valence-electron chi connectivity index (χ0n) is 13.6. The molecule has 128 valence electrons. The van der Waals surface area contributed by atoms with Crippen LogP contribution in [-0.4, -0.2) is 46.1 Å². The standard InChI is InChI=1S/C17H22N4O3/c18-16(22)11-24-17(23)20-8-5-13(6-9-20)7-10-21-12-19-14-3-1-2-4-15(14)21/h1-4,12-13H,5-11H2,(H2,18,22). The van der Waals surface area contributed by atoms with Gasteiger partial charge in [-0.25, -0.2) is 9.78 Å². The van der Waals surface area contributed by atoms with Gasteiger partial charge in [-0.1, -0.05) is 12.1 Å². The van der Waals surface area contributed by atoms with Crippen molar-refractivity contribution in [2.45, 2.75) is 25.8 Å². The van der Waals surface area contributed by atoms with Crippen LogP contribution in [0.25, 0.3) is 11.0 Å². The number of aromatic nitrogens is 2. The molecule has 1 aliphatic heterocycles. The van der Waals surface area contributed by atoms with Gasteiger partial charge in [-0.2, -0.15) is 0 Å². The van der Waals surface area contributed by atoms with E-state index in [0.29, 0.717) is 19.0 Å². The minimum Gasteiger partial charge on any atom is -0.439 e. The highest BCUT2D eigenvalue weighted by molar-refractivity contribution is 5.78. The highest BCUT2D eigenvalue weighted by Crippen LogP contribution is 2.22. The number of amides is 2. The Morgan fingerprint density at radius 2 is 2.00 bits per heavy atom. The Morgan fingerprint density at radius 3 is 2.75 bits per heavy atom. The molecule has 3 rings (SSSR count). The maximum Gasteiger partial charge on any atom is 0.410 e. The van der Waals surface area contributed by atoms with Crippen LogP contribution in [0, 0.1) is 5.92 Å². The number of nitrogens with zero attached hydrogens (tertiary/aromatic N) is 3. The Kier molecular flexibility index (Phi) is 4.98. The number of primary amides is 1. The van der Waals surface area contributed by atoms with E-state index in [1.165, 1.54) is 0 Å². The molecule has 2 N–H and O–H groups in total. The molecule has 0 saturated carbocycles. The van der Waals surface area contributed by atoms with Crippen LogP contribution in [0.4, 0.5) is 4.79 Å². The number of ether oxygens (including phenoxy) is 1. The highest BCUT2D eigenvalue weighted by atomic mass is 16.6. The first-order valence-corrected chi connectivity index (χ1v) is 8.23. The van der Waals surface area contributed by atoms with E-state index >= 15 is 0 Å². The smallest absolute Gasteiger partial charge is 0.410 e. The van der Waals surface area contributed by atoms with E-state index < -0.39 is 12.0 Å². The molecule has 0 radical (unpaired) electrons. The van der Waals surface area contributed by atoms with Gasteiger partial charge in [0, 0.05) is 19.6 Å². The molecule has 1 aromatic heterocycles. The van der Waals surface area contributed by atoms with Crippen LogP contribution in [0.3, 0.4) is 0 Å². The Morgan fingerprint density at radius 1 is 1.25 bits per heavy atom. The molecule has 0 bridgehead atoms. The Bertz CT molecular complexity index is 719. The van der Waals surface area contributed by atoms with Gasteiger partial charge in [0.15, 0.2) is 6.61 Å². The summed E-state index contributed by atoms with van der Waals surface area (Å²) in [5.41, 5.74) is 7.15. The predicted octanol–water partition coefficient (Wildman–Crippen LogP) is 1.76. The number of fused-ring (bicyclic) bond motifs is 1. The second kappa shape index (κ2) is 7.33. The van der Waals surface area contributed by atoms with Crippen LogP contribution in [0.15, 0.2) is 30.6 Å². The molecule has 0 atom stereocenters. The zero-order chi connectivity index (χ0) is 16.9. The van der Waals surface area contributed by atoms with Crippen molar-refractivity contribution in [1.29, 1.82) is 0 Å². The number of nitrogens with two attached hydrogens (primary N) is 1. The SMILES string of the molecule is NC(=O)COC(=O)N1CCC(CCn2cnc3ccccc32)CC1. The molecule has 1 aliphatic rings. The summed E-state index contributed by atoms with van der Waals surface area (Å²) in [5.74, 6) is -0.0582. The number of carbonyl (C=O) groups excluding carboxylic acids is 2. The monoisotopic (exact) mass is 330 g/mol. The van der Waals surface area contributed by atoms with E-state index in [1.54, 1.807) is 4.90 Å². The fourth-order valence-electron chi connectivity index (χ4n) is 3.14. The molecule has 2 amide bonds. The number of aryl methyl sites for hydroxylation is 1. The van der Waals surface area contributed by atoms with Gasteiger partial charge in [-0.15, -0.1) is 0 Å². The minimum atomic E-state index is -0.634. The van der Waals surface area contributed by atoms with E-state index in [0.717, 1.165) is 36.8 Å². The minimum absolute atomic E-state index is 0.355. The molecule has 7 heteroatoms. The fourth-order valence-corrected chi connectivity index (χ4v) is 3.14. The number of imidazole rings is 1. The van der Waals surface area contributed by atoms with Crippen LogP contribution in [0.1, 0.15) is 19.3 Å². The number of rotatable bonds is 5. The fraction of sp³-hybridized carbons (Fsp3) is 0.471. The van der Waals surface area contributed by atoms with Gasteiger partial charge in [0.05, 0.1) is 17.4 Å². The van der Waals surface area contributed by atoms with Crippen molar-refractivity contribution in [3.05, 3.63) is 30.6 Å². The van der Waals surface area contributed by atoms with Crippen molar-refractivity contribution < 1.29 is 14.3 Å². The summed E-state index contributed by atoms with van der Waals surface area (Å²) in [7, 11) is 0. The number of para-hydroxylation sites is 2. The van der Waals surface area contributed by atoms with Gasteiger partial charge in [-0.05, 0) is 37.3 Å². The molecule has 24 heavy (non-hydrogen) atoms. The van der Waals surface area contributed by atoms with E-state index in [4.69, 9.17) is 10.5 Å². The summed E-state index contributed by atoms with van der Waals surface area (Å²) in [6.07, 6.45) is 4.38. The average molecular weight is 330 g/mol. The van der Waals surface area contributed by atoms with Crippen LogP contribution in [0.5, 0.6) is 0 Å². The first-order valence-electron chi connectivity index (χ1n) is 8.23. The zero-order valence-corrected chi connectivity index (χ0v) is 13.6. The van der Waals surface area contributed by atoms with Crippen LogP contribution in [0.2, 0.25) is 0 Å². The number of piperidine rings is 1. The van der Waals surface area contributed by atoms with Gasteiger partial charge in [0.2, 0.25) is 0 Å². The lowest BCUT2D eigenvalue weighted by atomic mass is 9.94. The van der Waals surface area contributed by atoms with Gasteiger partial charge in [0.1, 0.15) is 0 Å². The third-order valence-corrected chi connectivity index (χ3v) is 4.52. The predicted molar refractivity (Wildman–Crippen MR) is 89.2 cm³/mol. The van der Waals surface area contributed by atoms with Gasteiger partial charge in [-0.3, -0.25) is 4.79 Å². The number of carbonyl (C=O) groups is 2. The molecule has 0 spiro atoms. The van der Waals surface area contributed by atoms with E-state index in [9.17, 15) is 9.59 Å². The lowest BCUT2D eigenvalue weighted by molar-refractivity contribution is -0.121. The lowest BCUT2D eigenvalue weighted by Crippen LogP contribution is -2.40. The average Bonchev–Trinajstić information content (AvgIpc) is 3.01. The molecule has 1 aromatic carbocycles. The Labute approximate surface area is 140 Å². The third kappa shape index (κ3) is 3.84. The molecule has 0 unspecified atom stereocenters. The van der Waals surface area contributed by atoms with Crippen molar-refractivity contribution >= 4 is 23.0 Å². The molecule has 2 aromatic rings. The largest absolute Gasteiger partial charge is 0.439 e. The summed E-state index contributed by atoms with van der Waals surface area (Å²) in [6.45, 7) is 1.89. The summed E-state index contributed by atoms with van der Waals surface area (Å²) < 4.78 is 7.03. The van der Waals surface area contributed by atoms with E-state index in [2.05, 4.69) is 15.6 Å². The highest BCUT2D eigenvalue weighted by Gasteiger charge is 2.24. The summed E-state index contributed by atoms with van der Waals surface area (Å²) >= 11 is 0.